The predicted molar refractivity (Wildman–Crippen MR) is 144 cm³/mol. The Hall–Kier alpha value is -4.09. The minimum Gasteiger partial charge on any atom is -0.497 e. The number of carbonyl (C=O) groups excluding carboxylic acids is 1. The molecular weight excluding hydrogens is 510 g/mol. The van der Waals surface area contributed by atoms with Gasteiger partial charge in [0.1, 0.15) is 5.75 Å². The van der Waals surface area contributed by atoms with Crippen molar-refractivity contribution in [1.29, 1.82) is 0 Å². The van der Waals surface area contributed by atoms with Crippen LogP contribution in [0.2, 0.25) is 0 Å². The molecule has 0 aliphatic rings. The number of nitrogens with zero attached hydrogens (tertiary/aromatic N) is 2. The molecule has 0 fully saturated rings. The number of hydrogen-bond donors (Lipinski definition) is 1. The van der Waals surface area contributed by atoms with Crippen LogP contribution >= 0.6 is 0 Å². The zero-order valence-electron chi connectivity index (χ0n) is 21.7. The standard InChI is InChI=1S/C27H31N3O7S/c1-34-22-10-12-23(13-11-22)38(32,33)30(15-14-20-8-6-5-7-9-20)19-26(31)29-28-18-21-16-24(35-2)27(37-4)25(17-21)36-3/h5-13,16-18H,14-15,19H2,1-4H3,(H,29,31)/b28-18-. The summed E-state index contributed by atoms with van der Waals surface area (Å²) in [6.45, 7) is -0.323. The van der Waals surface area contributed by atoms with E-state index in [2.05, 4.69) is 10.5 Å². The Morgan fingerprint density at radius 3 is 2.08 bits per heavy atom. The number of hydrogen-bond acceptors (Lipinski definition) is 8. The minimum atomic E-state index is -3.98. The lowest BCUT2D eigenvalue weighted by molar-refractivity contribution is -0.121. The fourth-order valence-corrected chi connectivity index (χ4v) is 5.03. The maximum atomic E-state index is 13.4. The summed E-state index contributed by atoms with van der Waals surface area (Å²) in [5.74, 6) is 1.21. The van der Waals surface area contributed by atoms with Crippen LogP contribution < -0.4 is 24.4 Å². The summed E-state index contributed by atoms with van der Waals surface area (Å²) in [7, 11) is 2.01. The largest absolute Gasteiger partial charge is 0.497 e. The van der Waals surface area contributed by atoms with Gasteiger partial charge in [0.05, 0.1) is 46.1 Å². The number of benzene rings is 3. The van der Waals surface area contributed by atoms with E-state index in [1.54, 1.807) is 24.3 Å². The topological polar surface area (TPSA) is 116 Å². The molecule has 0 spiro atoms. The van der Waals surface area contributed by atoms with Gasteiger partial charge in [-0.05, 0) is 48.4 Å². The Bertz CT molecular complexity index is 1320. The summed E-state index contributed by atoms with van der Waals surface area (Å²) in [6.07, 6.45) is 1.83. The smallest absolute Gasteiger partial charge is 0.255 e. The van der Waals surface area contributed by atoms with Crippen molar-refractivity contribution >= 4 is 22.1 Å². The first-order chi connectivity index (χ1) is 18.3. The number of hydrazone groups is 1. The van der Waals surface area contributed by atoms with Crippen LogP contribution in [-0.4, -0.2) is 66.4 Å². The molecule has 3 rings (SSSR count). The van der Waals surface area contributed by atoms with Gasteiger partial charge in [-0.1, -0.05) is 30.3 Å². The van der Waals surface area contributed by atoms with Crippen LogP contribution in [0, 0.1) is 0 Å². The van der Waals surface area contributed by atoms with Crippen molar-refractivity contribution in [1.82, 2.24) is 9.73 Å². The lowest BCUT2D eigenvalue weighted by Gasteiger charge is -2.21. The highest BCUT2D eigenvalue weighted by Gasteiger charge is 2.26. The average molecular weight is 542 g/mol. The number of amides is 1. The molecule has 1 N–H and O–H groups in total. The van der Waals surface area contributed by atoms with Gasteiger partial charge in [-0.25, -0.2) is 13.8 Å². The SMILES string of the molecule is COc1ccc(S(=O)(=O)N(CCc2ccccc2)CC(=O)N/N=C\c2cc(OC)c(OC)c(OC)c2)cc1. The van der Waals surface area contributed by atoms with Crippen molar-refractivity contribution in [2.75, 3.05) is 41.5 Å². The third-order valence-electron chi connectivity index (χ3n) is 5.60. The molecule has 11 heteroatoms. The number of methoxy groups -OCH3 is 4. The summed E-state index contributed by atoms with van der Waals surface area (Å²) < 4.78 is 49.0. The van der Waals surface area contributed by atoms with Crippen LogP contribution in [-0.2, 0) is 21.2 Å². The Labute approximate surface area is 222 Å². The van der Waals surface area contributed by atoms with E-state index in [1.165, 1.54) is 46.8 Å². The minimum absolute atomic E-state index is 0.0556. The van der Waals surface area contributed by atoms with Gasteiger partial charge >= 0.3 is 0 Å². The zero-order chi connectivity index (χ0) is 27.5. The normalized spacial score (nSPS) is 11.4. The molecule has 0 saturated heterocycles. The van der Waals surface area contributed by atoms with Crippen molar-refractivity contribution in [3.05, 3.63) is 77.9 Å². The number of ether oxygens (including phenoxy) is 4. The fourth-order valence-electron chi connectivity index (χ4n) is 3.63. The van der Waals surface area contributed by atoms with Crippen LogP contribution in [0.1, 0.15) is 11.1 Å². The lowest BCUT2D eigenvalue weighted by Crippen LogP contribution is -2.40. The van der Waals surface area contributed by atoms with Crippen molar-refractivity contribution in [3.8, 4) is 23.0 Å². The first-order valence-corrected chi connectivity index (χ1v) is 13.1. The first-order valence-electron chi connectivity index (χ1n) is 11.6. The van der Waals surface area contributed by atoms with E-state index in [0.29, 0.717) is 35.0 Å². The quantitative estimate of drug-likeness (QED) is 0.261. The van der Waals surface area contributed by atoms with Gasteiger partial charge in [-0.2, -0.15) is 9.41 Å². The molecular formula is C27H31N3O7S. The van der Waals surface area contributed by atoms with Crippen LogP contribution in [0.25, 0.3) is 0 Å². The number of carbonyl (C=O) groups is 1. The van der Waals surface area contributed by atoms with Crippen molar-refractivity contribution < 1.29 is 32.2 Å². The summed E-state index contributed by atoms with van der Waals surface area (Å²) in [5, 5.41) is 3.98. The maximum Gasteiger partial charge on any atom is 0.255 e. The highest BCUT2D eigenvalue weighted by atomic mass is 32.2. The Kier molecular flexibility index (Phi) is 10.1. The third-order valence-corrected chi connectivity index (χ3v) is 7.46. The Morgan fingerprint density at radius 2 is 1.53 bits per heavy atom. The molecule has 0 unspecified atom stereocenters. The van der Waals surface area contributed by atoms with Crippen molar-refractivity contribution in [2.45, 2.75) is 11.3 Å². The van der Waals surface area contributed by atoms with Crippen LogP contribution in [0.5, 0.6) is 23.0 Å². The first kappa shape index (κ1) is 28.5. The van der Waals surface area contributed by atoms with E-state index in [-0.39, 0.29) is 11.4 Å². The molecule has 3 aromatic rings. The van der Waals surface area contributed by atoms with Gasteiger partial charge in [0.25, 0.3) is 5.91 Å². The highest BCUT2D eigenvalue weighted by Crippen LogP contribution is 2.37. The van der Waals surface area contributed by atoms with Gasteiger partial charge in [0.2, 0.25) is 15.8 Å². The van der Waals surface area contributed by atoms with Crippen LogP contribution in [0.15, 0.2) is 76.7 Å². The van der Waals surface area contributed by atoms with Gasteiger partial charge in [-0.15, -0.1) is 0 Å². The molecule has 1 amide bonds. The molecule has 0 atom stereocenters. The van der Waals surface area contributed by atoms with Crippen molar-refractivity contribution in [3.63, 3.8) is 0 Å². The van der Waals surface area contributed by atoms with Crippen molar-refractivity contribution in [2.24, 2.45) is 5.10 Å². The molecule has 0 radical (unpaired) electrons. The van der Waals surface area contributed by atoms with Crippen LogP contribution in [0.3, 0.4) is 0 Å². The second-order valence-corrected chi connectivity index (χ2v) is 9.94. The fraction of sp³-hybridized carbons (Fsp3) is 0.259. The zero-order valence-corrected chi connectivity index (χ0v) is 22.5. The number of rotatable bonds is 13. The Balaban J connectivity index is 1.77. The van der Waals surface area contributed by atoms with Gasteiger partial charge < -0.3 is 18.9 Å². The third kappa shape index (κ3) is 7.24. The monoisotopic (exact) mass is 541 g/mol. The molecule has 0 saturated carbocycles. The molecule has 0 aliphatic carbocycles. The van der Waals surface area contributed by atoms with E-state index < -0.39 is 22.5 Å². The molecule has 0 aromatic heterocycles. The number of sulfonamides is 1. The summed E-state index contributed by atoms with van der Waals surface area (Å²) in [6, 6.07) is 18.8. The molecule has 0 aliphatic heterocycles. The molecule has 0 bridgehead atoms. The second kappa shape index (κ2) is 13.5. The maximum absolute atomic E-state index is 13.4. The lowest BCUT2D eigenvalue weighted by atomic mass is 10.1. The molecule has 202 valence electrons. The molecule has 3 aromatic carbocycles. The summed E-state index contributed by atoms with van der Waals surface area (Å²) in [5.41, 5.74) is 3.92. The molecule has 0 heterocycles. The van der Waals surface area contributed by atoms with E-state index in [9.17, 15) is 13.2 Å². The van der Waals surface area contributed by atoms with E-state index in [1.807, 2.05) is 30.3 Å². The predicted octanol–water partition coefficient (Wildman–Crippen LogP) is 3.10. The number of nitrogens with one attached hydrogen (secondary N) is 1. The van der Waals surface area contributed by atoms with E-state index in [4.69, 9.17) is 18.9 Å². The second-order valence-electron chi connectivity index (χ2n) is 8.00. The van der Waals surface area contributed by atoms with E-state index in [0.717, 1.165) is 9.87 Å². The average Bonchev–Trinajstić information content (AvgIpc) is 2.95. The molecule has 10 nitrogen and oxygen atoms in total. The summed E-state index contributed by atoms with van der Waals surface area (Å²) >= 11 is 0. The highest BCUT2D eigenvalue weighted by molar-refractivity contribution is 7.89. The molecule has 38 heavy (non-hydrogen) atoms. The van der Waals surface area contributed by atoms with Gasteiger partial charge in [0.15, 0.2) is 11.5 Å². The summed E-state index contributed by atoms with van der Waals surface area (Å²) in [4.78, 5) is 12.8. The van der Waals surface area contributed by atoms with Gasteiger partial charge in [0, 0.05) is 12.1 Å². The van der Waals surface area contributed by atoms with E-state index >= 15 is 0 Å². The van der Waals surface area contributed by atoms with Crippen LogP contribution in [0.4, 0.5) is 0 Å². The van der Waals surface area contributed by atoms with Gasteiger partial charge in [-0.3, -0.25) is 4.79 Å². The Morgan fingerprint density at radius 1 is 0.895 bits per heavy atom.